The minimum Gasteiger partial charge on any atom is -0.454 e. The van der Waals surface area contributed by atoms with Gasteiger partial charge in [0.25, 0.3) is 5.56 Å². The number of hydrogen-bond donors (Lipinski definition) is 2. The molecule has 8 nitrogen and oxygen atoms in total. The summed E-state index contributed by atoms with van der Waals surface area (Å²) in [6.07, 6.45) is -4.51. The van der Waals surface area contributed by atoms with E-state index in [1.165, 1.54) is 18.2 Å². The fraction of sp³-hybridized carbons (Fsp3) is 0.318. The van der Waals surface area contributed by atoms with Crippen molar-refractivity contribution in [3.8, 4) is 11.5 Å². The smallest absolute Gasteiger partial charge is 0.416 e. The van der Waals surface area contributed by atoms with Gasteiger partial charge in [-0.25, -0.2) is 0 Å². The number of nitrogens with one attached hydrogen (secondary N) is 2. The number of aromatic amines is 1. The Kier molecular flexibility index (Phi) is 6.62. The Morgan fingerprint density at radius 3 is 2.26 bits per heavy atom. The molecule has 0 amide bonds. The van der Waals surface area contributed by atoms with Crippen LogP contribution in [-0.4, -0.2) is 25.0 Å². The summed E-state index contributed by atoms with van der Waals surface area (Å²) in [5, 5.41) is 3.45. The summed E-state index contributed by atoms with van der Waals surface area (Å²) in [5.41, 5.74) is -0.726. The Morgan fingerprint density at radius 2 is 1.68 bits per heavy atom. The number of anilines is 1. The molecule has 12 heteroatoms. The summed E-state index contributed by atoms with van der Waals surface area (Å²) in [6, 6.07) is 8.94. The van der Waals surface area contributed by atoms with Gasteiger partial charge in [-0.3, -0.25) is 9.36 Å². The summed E-state index contributed by atoms with van der Waals surface area (Å²) >= 11 is 0. The molecule has 2 N–H and O–H groups in total. The highest BCUT2D eigenvalue weighted by Crippen LogP contribution is 2.60. The number of aromatic nitrogens is 1. The van der Waals surface area contributed by atoms with Crippen molar-refractivity contribution in [3.05, 3.63) is 63.9 Å². The normalized spacial score (nSPS) is 14.4. The van der Waals surface area contributed by atoms with Crippen LogP contribution in [0, 0.1) is 0 Å². The summed E-state index contributed by atoms with van der Waals surface area (Å²) < 4.78 is 74.3. The first kappa shape index (κ1) is 24.1. The van der Waals surface area contributed by atoms with Gasteiger partial charge in [0, 0.05) is 17.1 Å². The zero-order valence-corrected chi connectivity index (χ0v) is 19.2. The van der Waals surface area contributed by atoms with E-state index in [9.17, 15) is 22.5 Å². The number of alkyl halides is 3. The predicted octanol–water partition coefficient (Wildman–Crippen LogP) is 5.65. The van der Waals surface area contributed by atoms with E-state index in [1.807, 2.05) is 0 Å². The topological polar surface area (TPSA) is 98.9 Å². The molecule has 2 heterocycles. The molecule has 4 rings (SSSR count). The molecule has 1 atom stereocenters. The number of H-pyrrole nitrogens is 1. The third kappa shape index (κ3) is 4.77. The molecule has 34 heavy (non-hydrogen) atoms. The molecule has 0 aliphatic carbocycles. The Labute approximate surface area is 192 Å². The van der Waals surface area contributed by atoms with E-state index in [0.29, 0.717) is 22.4 Å². The summed E-state index contributed by atoms with van der Waals surface area (Å²) in [7, 11) is -3.99. The monoisotopic (exact) mass is 498 g/mol. The number of halogens is 3. The average molecular weight is 498 g/mol. The van der Waals surface area contributed by atoms with Crippen LogP contribution in [0.15, 0.2) is 47.3 Å². The highest BCUT2D eigenvalue weighted by atomic mass is 31.2. The molecule has 1 aromatic heterocycles. The lowest BCUT2D eigenvalue weighted by molar-refractivity contribution is -0.137. The molecular formula is C22H22F3N2O6P. The number of ether oxygens (including phenoxy) is 2. The molecular weight excluding hydrogens is 476 g/mol. The van der Waals surface area contributed by atoms with Gasteiger partial charge in [0.1, 0.15) is 0 Å². The van der Waals surface area contributed by atoms with Crippen LogP contribution >= 0.6 is 7.60 Å². The van der Waals surface area contributed by atoms with Gasteiger partial charge in [0.05, 0.1) is 29.9 Å². The first-order valence-corrected chi connectivity index (χ1v) is 12.0. The van der Waals surface area contributed by atoms with Crippen molar-refractivity contribution in [2.75, 3.05) is 25.3 Å². The lowest BCUT2D eigenvalue weighted by Gasteiger charge is -2.28. The van der Waals surface area contributed by atoms with E-state index in [4.69, 9.17) is 18.5 Å². The molecule has 0 saturated carbocycles. The van der Waals surface area contributed by atoms with Gasteiger partial charge in [-0.1, -0.05) is 0 Å². The van der Waals surface area contributed by atoms with Gasteiger partial charge >= 0.3 is 13.8 Å². The van der Waals surface area contributed by atoms with Crippen molar-refractivity contribution >= 4 is 24.2 Å². The van der Waals surface area contributed by atoms with E-state index >= 15 is 0 Å². The zero-order chi connectivity index (χ0) is 24.5. The maximum atomic E-state index is 13.7. The van der Waals surface area contributed by atoms with Crippen molar-refractivity contribution < 1.29 is 36.3 Å². The van der Waals surface area contributed by atoms with Crippen LogP contribution in [0.5, 0.6) is 11.5 Å². The molecule has 182 valence electrons. The Hall–Kier alpha value is -3.01. The van der Waals surface area contributed by atoms with Crippen molar-refractivity contribution in [2.24, 2.45) is 0 Å². The minimum atomic E-state index is -4.51. The Bertz CT molecular complexity index is 1280. The lowest BCUT2D eigenvalue weighted by Crippen LogP contribution is -2.23. The molecule has 0 radical (unpaired) electrons. The fourth-order valence-electron chi connectivity index (χ4n) is 3.60. The van der Waals surface area contributed by atoms with Crippen molar-refractivity contribution in [1.82, 2.24) is 4.98 Å². The van der Waals surface area contributed by atoms with Crippen LogP contribution in [0.1, 0.15) is 30.8 Å². The van der Waals surface area contributed by atoms with Gasteiger partial charge < -0.3 is 28.8 Å². The maximum Gasteiger partial charge on any atom is 0.416 e. The standard InChI is InChI=1S/C22H22F3N2O6P/c1-3-32-34(29,33-4-2)21(26-15-7-5-14(6-8-15)22(23,24)25)16-9-13-10-18-19(31-12-30-18)11-17(13)27-20(16)28/h5-11,21,26H,3-4,12H2,1-2H3,(H,27,28). The average Bonchev–Trinajstić information content (AvgIpc) is 3.23. The van der Waals surface area contributed by atoms with Crippen molar-refractivity contribution in [3.63, 3.8) is 0 Å². The third-order valence-electron chi connectivity index (χ3n) is 5.11. The van der Waals surface area contributed by atoms with Crippen molar-refractivity contribution in [1.29, 1.82) is 0 Å². The van der Waals surface area contributed by atoms with Crippen LogP contribution in [0.4, 0.5) is 18.9 Å². The van der Waals surface area contributed by atoms with Crippen LogP contribution in [-0.2, 0) is 19.8 Å². The second kappa shape index (κ2) is 9.32. The minimum absolute atomic E-state index is 0.0205. The largest absolute Gasteiger partial charge is 0.454 e. The highest BCUT2D eigenvalue weighted by Gasteiger charge is 2.39. The van der Waals surface area contributed by atoms with E-state index < -0.39 is 30.7 Å². The third-order valence-corrected chi connectivity index (χ3v) is 7.39. The second-order valence-corrected chi connectivity index (χ2v) is 9.46. The van der Waals surface area contributed by atoms with Crippen LogP contribution in [0.25, 0.3) is 10.9 Å². The summed E-state index contributed by atoms with van der Waals surface area (Å²) in [4.78, 5) is 15.8. The van der Waals surface area contributed by atoms with Gasteiger partial charge in [0.15, 0.2) is 17.3 Å². The summed E-state index contributed by atoms with van der Waals surface area (Å²) in [5.74, 6) is -0.345. The molecule has 0 spiro atoms. The van der Waals surface area contributed by atoms with Crippen molar-refractivity contribution in [2.45, 2.75) is 25.8 Å². The molecule has 2 aromatic carbocycles. The molecule has 0 saturated heterocycles. The molecule has 1 aliphatic heterocycles. The maximum absolute atomic E-state index is 13.7. The number of hydrogen-bond acceptors (Lipinski definition) is 7. The molecule has 1 unspecified atom stereocenters. The Balaban J connectivity index is 1.81. The van der Waals surface area contributed by atoms with Crippen LogP contribution < -0.4 is 20.3 Å². The Morgan fingerprint density at radius 1 is 1.06 bits per heavy atom. The van der Waals surface area contributed by atoms with Gasteiger partial charge in [-0.2, -0.15) is 13.2 Å². The second-order valence-electron chi connectivity index (χ2n) is 7.34. The fourth-order valence-corrected chi connectivity index (χ4v) is 5.53. The predicted molar refractivity (Wildman–Crippen MR) is 119 cm³/mol. The molecule has 0 bridgehead atoms. The highest BCUT2D eigenvalue weighted by molar-refractivity contribution is 7.54. The number of pyridine rings is 1. The first-order chi connectivity index (χ1) is 16.1. The number of rotatable bonds is 8. The lowest BCUT2D eigenvalue weighted by atomic mass is 10.1. The van der Waals surface area contributed by atoms with Gasteiger partial charge in [0.2, 0.25) is 6.79 Å². The summed E-state index contributed by atoms with van der Waals surface area (Å²) in [6.45, 7) is 3.32. The van der Waals surface area contributed by atoms with E-state index in [-0.39, 0.29) is 31.3 Å². The van der Waals surface area contributed by atoms with E-state index in [0.717, 1.165) is 12.1 Å². The molecule has 0 fully saturated rings. The number of fused-ring (bicyclic) bond motifs is 2. The quantitative estimate of drug-likeness (QED) is 0.387. The van der Waals surface area contributed by atoms with Crippen LogP contribution in [0.2, 0.25) is 0 Å². The van der Waals surface area contributed by atoms with Gasteiger partial charge in [-0.15, -0.1) is 0 Å². The first-order valence-electron chi connectivity index (χ1n) is 10.4. The van der Waals surface area contributed by atoms with Gasteiger partial charge in [-0.05, 0) is 50.2 Å². The van der Waals surface area contributed by atoms with E-state index in [2.05, 4.69) is 10.3 Å². The SMILES string of the molecule is CCOP(=O)(OCC)C(Nc1ccc(C(F)(F)F)cc1)c1cc2cc3c(cc2[nH]c1=O)OCO3. The molecule has 3 aromatic rings. The number of benzene rings is 2. The van der Waals surface area contributed by atoms with E-state index in [1.54, 1.807) is 26.0 Å². The molecule has 1 aliphatic rings. The van der Waals surface area contributed by atoms with Crippen LogP contribution in [0.3, 0.4) is 0 Å². The zero-order valence-electron chi connectivity index (χ0n) is 18.3.